The van der Waals surface area contributed by atoms with E-state index in [4.69, 9.17) is 14.2 Å². The molecular formula is C68H126O6. The maximum Gasteiger partial charge on any atom is 0.306 e. The van der Waals surface area contributed by atoms with E-state index < -0.39 is 6.10 Å². The number of hydrogen-bond donors (Lipinski definition) is 0. The topological polar surface area (TPSA) is 78.9 Å². The molecule has 74 heavy (non-hydrogen) atoms. The predicted octanol–water partition coefficient (Wildman–Crippen LogP) is 22.4. The first kappa shape index (κ1) is 71.6. The van der Waals surface area contributed by atoms with E-state index in [9.17, 15) is 14.4 Å². The molecule has 0 spiro atoms. The summed E-state index contributed by atoms with van der Waals surface area (Å²) in [5.41, 5.74) is 0. The van der Waals surface area contributed by atoms with E-state index >= 15 is 0 Å². The molecule has 0 radical (unpaired) electrons. The number of carbonyl (C=O) groups excluding carboxylic acids is 3. The Balaban J connectivity index is 4.33. The average molecular weight is 1040 g/mol. The van der Waals surface area contributed by atoms with Crippen LogP contribution in [0.1, 0.15) is 361 Å². The molecule has 434 valence electrons. The van der Waals surface area contributed by atoms with Crippen LogP contribution in [0, 0.1) is 0 Å². The zero-order valence-electron chi connectivity index (χ0n) is 49.9. The normalized spacial score (nSPS) is 12.2. The summed E-state index contributed by atoms with van der Waals surface area (Å²) in [6, 6.07) is 0. The van der Waals surface area contributed by atoms with Crippen LogP contribution in [0.2, 0.25) is 0 Å². The Bertz CT molecular complexity index is 1240. The van der Waals surface area contributed by atoms with E-state index in [1.54, 1.807) is 0 Å². The SMILES string of the molecule is CCCCCCC/C=C\C/C=C\C/C=C\CCCCCCCCC(=O)OCC(COC(=O)CCCCCCCCCCCCCCCCC)OC(=O)CCCCCCCCCCCCCCCCCCCCCC. The summed E-state index contributed by atoms with van der Waals surface area (Å²) in [6.45, 7) is 6.69. The Hall–Kier alpha value is -2.37. The summed E-state index contributed by atoms with van der Waals surface area (Å²) in [7, 11) is 0. The van der Waals surface area contributed by atoms with Gasteiger partial charge in [-0.1, -0.05) is 320 Å². The van der Waals surface area contributed by atoms with Gasteiger partial charge in [-0.05, 0) is 57.8 Å². The molecule has 6 heteroatoms. The predicted molar refractivity (Wildman–Crippen MR) is 321 cm³/mol. The van der Waals surface area contributed by atoms with Crippen molar-refractivity contribution < 1.29 is 28.6 Å². The second kappa shape index (κ2) is 63.2. The fourth-order valence-corrected chi connectivity index (χ4v) is 9.92. The minimum absolute atomic E-state index is 0.0707. The van der Waals surface area contributed by atoms with E-state index in [1.165, 1.54) is 244 Å². The van der Waals surface area contributed by atoms with Crippen LogP contribution in [0.3, 0.4) is 0 Å². The molecule has 0 heterocycles. The Morgan fingerprint density at radius 2 is 0.486 bits per heavy atom. The molecule has 0 bridgehead atoms. The van der Waals surface area contributed by atoms with E-state index in [2.05, 4.69) is 57.2 Å². The number of esters is 3. The number of rotatable bonds is 61. The van der Waals surface area contributed by atoms with Crippen molar-refractivity contribution in [3.8, 4) is 0 Å². The van der Waals surface area contributed by atoms with Gasteiger partial charge in [0.25, 0.3) is 0 Å². The van der Waals surface area contributed by atoms with Gasteiger partial charge < -0.3 is 14.2 Å². The molecule has 1 unspecified atom stereocenters. The van der Waals surface area contributed by atoms with Crippen LogP contribution < -0.4 is 0 Å². The highest BCUT2D eigenvalue weighted by molar-refractivity contribution is 5.71. The van der Waals surface area contributed by atoms with Gasteiger partial charge in [-0.15, -0.1) is 0 Å². The molecule has 0 N–H and O–H groups in total. The van der Waals surface area contributed by atoms with Gasteiger partial charge in [-0.3, -0.25) is 14.4 Å². The highest BCUT2D eigenvalue weighted by atomic mass is 16.6. The standard InChI is InChI=1S/C68H126O6/c1-4-7-10-13-16-19-22-25-28-30-32-34-36-37-40-43-46-49-52-55-58-61-67(70)73-64-65(63-72-66(69)60-57-54-51-48-45-42-39-27-24-21-18-15-12-9-6-3)74-68(71)62-59-56-53-50-47-44-41-38-35-33-31-29-26-23-20-17-14-11-8-5-2/h22,25,30,32,36-37,65H,4-21,23-24,26-29,31,33-35,38-64H2,1-3H3/b25-22-,32-30-,37-36-. The van der Waals surface area contributed by atoms with Crippen LogP contribution in [-0.2, 0) is 28.6 Å². The first-order valence-corrected chi connectivity index (χ1v) is 33.0. The Morgan fingerprint density at radius 3 is 0.757 bits per heavy atom. The second-order valence-electron chi connectivity index (χ2n) is 22.4. The fourth-order valence-electron chi connectivity index (χ4n) is 9.92. The lowest BCUT2D eigenvalue weighted by Crippen LogP contribution is -2.30. The van der Waals surface area contributed by atoms with Crippen LogP contribution in [0.4, 0.5) is 0 Å². The molecule has 0 amide bonds. The molecule has 0 saturated carbocycles. The lowest BCUT2D eigenvalue weighted by Gasteiger charge is -2.18. The zero-order valence-corrected chi connectivity index (χ0v) is 49.9. The van der Waals surface area contributed by atoms with Crippen molar-refractivity contribution in [2.24, 2.45) is 0 Å². The van der Waals surface area contributed by atoms with E-state index in [-0.39, 0.29) is 31.1 Å². The molecule has 0 aromatic carbocycles. The number of hydrogen-bond acceptors (Lipinski definition) is 6. The molecule has 1 atom stereocenters. The zero-order chi connectivity index (χ0) is 53.6. The summed E-state index contributed by atoms with van der Waals surface area (Å²) in [5, 5.41) is 0. The maximum atomic E-state index is 12.9. The fraction of sp³-hybridized carbons (Fsp3) is 0.868. The van der Waals surface area contributed by atoms with Gasteiger partial charge in [0, 0.05) is 19.3 Å². The van der Waals surface area contributed by atoms with Crippen LogP contribution in [0.5, 0.6) is 0 Å². The van der Waals surface area contributed by atoms with Crippen molar-refractivity contribution >= 4 is 17.9 Å². The van der Waals surface area contributed by atoms with Crippen molar-refractivity contribution in [3.05, 3.63) is 36.5 Å². The molecule has 0 rings (SSSR count). The largest absolute Gasteiger partial charge is 0.462 e. The molecule has 0 aliphatic heterocycles. The lowest BCUT2D eigenvalue weighted by atomic mass is 10.0. The summed E-state index contributed by atoms with van der Waals surface area (Å²) in [5.74, 6) is -0.856. The van der Waals surface area contributed by atoms with Gasteiger partial charge in [-0.2, -0.15) is 0 Å². The second-order valence-corrected chi connectivity index (χ2v) is 22.4. The van der Waals surface area contributed by atoms with Gasteiger partial charge in [0.1, 0.15) is 13.2 Å². The van der Waals surface area contributed by atoms with Crippen LogP contribution in [0.25, 0.3) is 0 Å². The third-order valence-corrected chi connectivity index (χ3v) is 14.9. The van der Waals surface area contributed by atoms with Crippen molar-refractivity contribution in [2.45, 2.75) is 367 Å². The van der Waals surface area contributed by atoms with Gasteiger partial charge in [0.05, 0.1) is 0 Å². The Kier molecular flexibility index (Phi) is 61.1. The smallest absolute Gasteiger partial charge is 0.306 e. The number of carbonyl (C=O) groups is 3. The molecule has 0 aromatic rings. The number of allylic oxidation sites excluding steroid dienone is 6. The third-order valence-electron chi connectivity index (χ3n) is 14.9. The highest BCUT2D eigenvalue weighted by Crippen LogP contribution is 2.18. The van der Waals surface area contributed by atoms with E-state index in [0.29, 0.717) is 19.3 Å². The summed E-state index contributed by atoms with van der Waals surface area (Å²) in [4.78, 5) is 38.4. The number of unbranched alkanes of at least 4 members (excludes halogenated alkanes) is 44. The highest BCUT2D eigenvalue weighted by Gasteiger charge is 2.19. The van der Waals surface area contributed by atoms with Crippen molar-refractivity contribution in [1.82, 2.24) is 0 Å². The first-order valence-electron chi connectivity index (χ1n) is 33.0. The number of ether oxygens (including phenoxy) is 3. The lowest BCUT2D eigenvalue weighted by molar-refractivity contribution is -0.167. The molecular weight excluding hydrogens is 913 g/mol. The maximum absolute atomic E-state index is 12.9. The van der Waals surface area contributed by atoms with Crippen LogP contribution in [-0.4, -0.2) is 37.2 Å². The monoisotopic (exact) mass is 1040 g/mol. The van der Waals surface area contributed by atoms with Crippen LogP contribution >= 0.6 is 0 Å². The third kappa shape index (κ3) is 60.5. The van der Waals surface area contributed by atoms with Gasteiger partial charge >= 0.3 is 17.9 Å². The van der Waals surface area contributed by atoms with Crippen molar-refractivity contribution in [2.75, 3.05) is 13.2 Å². The Labute approximate surface area is 461 Å². The summed E-state index contributed by atoms with van der Waals surface area (Å²) >= 11 is 0. The van der Waals surface area contributed by atoms with Crippen molar-refractivity contribution in [3.63, 3.8) is 0 Å². The van der Waals surface area contributed by atoms with Gasteiger partial charge in [0.2, 0.25) is 0 Å². The first-order chi connectivity index (χ1) is 36.5. The van der Waals surface area contributed by atoms with Gasteiger partial charge in [0.15, 0.2) is 6.10 Å². The van der Waals surface area contributed by atoms with E-state index in [1.807, 2.05) is 0 Å². The Morgan fingerprint density at radius 1 is 0.270 bits per heavy atom. The van der Waals surface area contributed by atoms with Crippen LogP contribution in [0.15, 0.2) is 36.5 Å². The molecule has 0 fully saturated rings. The minimum atomic E-state index is -0.775. The van der Waals surface area contributed by atoms with Gasteiger partial charge in [-0.25, -0.2) is 0 Å². The van der Waals surface area contributed by atoms with E-state index in [0.717, 1.165) is 77.0 Å². The average Bonchev–Trinajstić information content (AvgIpc) is 3.40. The summed E-state index contributed by atoms with van der Waals surface area (Å²) < 4.78 is 17.0. The molecule has 0 aromatic heterocycles. The van der Waals surface area contributed by atoms with Crippen molar-refractivity contribution in [1.29, 1.82) is 0 Å². The minimum Gasteiger partial charge on any atom is -0.462 e. The molecule has 0 saturated heterocycles. The molecule has 6 nitrogen and oxygen atoms in total. The summed E-state index contributed by atoms with van der Waals surface area (Å²) in [6.07, 6.45) is 77.2. The quantitative estimate of drug-likeness (QED) is 0.0261. The molecule has 0 aliphatic carbocycles. The molecule has 0 aliphatic rings.